The number of fused-ring (bicyclic) bond motifs is 1. The van der Waals surface area contributed by atoms with Gasteiger partial charge >= 0.3 is 0 Å². The van der Waals surface area contributed by atoms with E-state index in [1.54, 1.807) is 31.2 Å². The SMILES string of the molecule is C#CCn1c(=NC(=O)C(C)Oc2ccccc2)sc2cccc(F)c21. The fourth-order valence-electron chi connectivity index (χ4n) is 2.35. The van der Waals surface area contributed by atoms with Crippen LogP contribution in [0.3, 0.4) is 0 Å². The van der Waals surface area contributed by atoms with E-state index in [1.807, 2.05) is 18.2 Å². The number of thiazole rings is 1. The van der Waals surface area contributed by atoms with Gasteiger partial charge in [-0.3, -0.25) is 4.79 Å². The maximum atomic E-state index is 14.1. The Bertz CT molecular complexity index is 1020. The van der Waals surface area contributed by atoms with E-state index in [4.69, 9.17) is 11.2 Å². The zero-order chi connectivity index (χ0) is 17.8. The van der Waals surface area contributed by atoms with Crippen molar-refractivity contribution in [2.45, 2.75) is 19.6 Å². The molecule has 6 heteroatoms. The lowest BCUT2D eigenvalue weighted by molar-refractivity contribution is -0.124. The molecule has 25 heavy (non-hydrogen) atoms. The number of amides is 1. The lowest BCUT2D eigenvalue weighted by atomic mass is 10.3. The summed E-state index contributed by atoms with van der Waals surface area (Å²) in [5.74, 6) is 2.20. The van der Waals surface area contributed by atoms with Crippen LogP contribution in [0.25, 0.3) is 10.2 Å². The summed E-state index contributed by atoms with van der Waals surface area (Å²) in [5.41, 5.74) is 0.355. The first kappa shape index (κ1) is 16.9. The lowest BCUT2D eigenvalue weighted by Crippen LogP contribution is -2.26. The van der Waals surface area contributed by atoms with Gasteiger partial charge in [-0.25, -0.2) is 4.39 Å². The number of para-hydroxylation sites is 2. The molecule has 0 saturated carbocycles. The molecule has 1 unspecified atom stereocenters. The molecule has 0 N–H and O–H groups in total. The lowest BCUT2D eigenvalue weighted by Gasteiger charge is -2.10. The molecule has 0 fully saturated rings. The van der Waals surface area contributed by atoms with Crippen molar-refractivity contribution in [2.24, 2.45) is 4.99 Å². The molecule has 1 amide bonds. The van der Waals surface area contributed by atoms with Crippen molar-refractivity contribution in [2.75, 3.05) is 0 Å². The highest BCUT2D eigenvalue weighted by molar-refractivity contribution is 7.16. The summed E-state index contributed by atoms with van der Waals surface area (Å²) in [5, 5.41) is 0. The van der Waals surface area contributed by atoms with E-state index >= 15 is 0 Å². The molecule has 3 aromatic rings. The van der Waals surface area contributed by atoms with E-state index in [9.17, 15) is 9.18 Å². The highest BCUT2D eigenvalue weighted by Gasteiger charge is 2.16. The minimum atomic E-state index is -0.767. The second kappa shape index (κ2) is 7.32. The summed E-state index contributed by atoms with van der Waals surface area (Å²) in [4.78, 5) is 16.9. The number of carbonyl (C=O) groups excluding carboxylic acids is 1. The second-order valence-corrected chi connectivity index (χ2v) is 6.29. The van der Waals surface area contributed by atoms with Crippen molar-refractivity contribution in [1.82, 2.24) is 4.57 Å². The molecular formula is C19H15FN2O2S. The first-order valence-corrected chi connectivity index (χ1v) is 8.43. The summed E-state index contributed by atoms with van der Waals surface area (Å²) in [6.45, 7) is 1.75. The number of halogens is 1. The zero-order valence-electron chi connectivity index (χ0n) is 13.5. The molecule has 1 atom stereocenters. The number of ether oxygens (including phenoxy) is 1. The maximum Gasteiger partial charge on any atom is 0.289 e. The highest BCUT2D eigenvalue weighted by Crippen LogP contribution is 2.20. The first-order chi connectivity index (χ1) is 12.1. The molecule has 3 rings (SSSR count). The van der Waals surface area contributed by atoms with Gasteiger partial charge in [0, 0.05) is 0 Å². The molecule has 0 spiro atoms. The predicted molar refractivity (Wildman–Crippen MR) is 95.7 cm³/mol. The van der Waals surface area contributed by atoms with Crippen LogP contribution in [0, 0.1) is 18.2 Å². The Kier molecular flexibility index (Phi) is 4.96. The third-order valence-corrected chi connectivity index (χ3v) is 4.55. The van der Waals surface area contributed by atoms with Gasteiger partial charge in [0.25, 0.3) is 5.91 Å². The molecule has 1 aromatic heterocycles. The van der Waals surface area contributed by atoms with Gasteiger partial charge in [0.15, 0.2) is 10.9 Å². The van der Waals surface area contributed by atoms with Crippen LogP contribution in [0.5, 0.6) is 5.75 Å². The van der Waals surface area contributed by atoms with Crippen molar-refractivity contribution in [3.05, 3.63) is 59.1 Å². The van der Waals surface area contributed by atoms with Crippen molar-refractivity contribution in [1.29, 1.82) is 0 Å². The number of hydrogen-bond donors (Lipinski definition) is 0. The van der Waals surface area contributed by atoms with Crippen LogP contribution in [0.15, 0.2) is 53.5 Å². The van der Waals surface area contributed by atoms with Crippen molar-refractivity contribution >= 4 is 27.5 Å². The average Bonchev–Trinajstić information content (AvgIpc) is 2.95. The molecule has 2 aromatic carbocycles. The van der Waals surface area contributed by atoms with Crippen LogP contribution in [0.1, 0.15) is 6.92 Å². The quantitative estimate of drug-likeness (QED) is 0.674. The van der Waals surface area contributed by atoms with E-state index in [-0.39, 0.29) is 6.54 Å². The van der Waals surface area contributed by atoms with Crippen LogP contribution in [0.4, 0.5) is 4.39 Å². The average molecular weight is 354 g/mol. The number of hydrogen-bond acceptors (Lipinski definition) is 3. The van der Waals surface area contributed by atoms with Gasteiger partial charge in [-0.1, -0.05) is 41.5 Å². The van der Waals surface area contributed by atoms with Gasteiger partial charge in [0.05, 0.1) is 16.8 Å². The Morgan fingerprint density at radius 2 is 2.08 bits per heavy atom. The van der Waals surface area contributed by atoms with Crippen molar-refractivity contribution < 1.29 is 13.9 Å². The number of benzene rings is 2. The second-order valence-electron chi connectivity index (χ2n) is 5.28. The highest BCUT2D eigenvalue weighted by atomic mass is 32.1. The minimum absolute atomic E-state index is 0.126. The van der Waals surface area contributed by atoms with Crippen LogP contribution >= 0.6 is 11.3 Å². The van der Waals surface area contributed by atoms with Crippen LogP contribution in [-0.4, -0.2) is 16.6 Å². The fourth-order valence-corrected chi connectivity index (χ4v) is 3.40. The van der Waals surface area contributed by atoms with Crippen LogP contribution < -0.4 is 9.54 Å². The van der Waals surface area contributed by atoms with E-state index in [0.29, 0.717) is 20.8 Å². The van der Waals surface area contributed by atoms with E-state index in [0.717, 1.165) is 0 Å². The van der Waals surface area contributed by atoms with Crippen LogP contribution in [-0.2, 0) is 11.3 Å². The molecule has 0 aliphatic rings. The molecule has 1 heterocycles. The van der Waals surface area contributed by atoms with Crippen molar-refractivity contribution in [3.63, 3.8) is 0 Å². The summed E-state index contributed by atoms with van der Waals surface area (Å²) < 4.78 is 21.9. The number of nitrogens with zero attached hydrogens (tertiary/aromatic N) is 2. The Morgan fingerprint density at radius 3 is 2.80 bits per heavy atom. The Morgan fingerprint density at radius 1 is 1.32 bits per heavy atom. The minimum Gasteiger partial charge on any atom is -0.481 e. The Labute approximate surface area is 148 Å². The van der Waals surface area contributed by atoms with Crippen LogP contribution in [0.2, 0.25) is 0 Å². The molecule has 0 aliphatic heterocycles. The molecular weight excluding hydrogens is 339 g/mol. The molecule has 0 bridgehead atoms. The fraction of sp³-hybridized carbons (Fsp3) is 0.158. The number of aromatic nitrogens is 1. The Balaban J connectivity index is 1.97. The maximum absolute atomic E-state index is 14.1. The van der Waals surface area contributed by atoms with Crippen molar-refractivity contribution in [3.8, 4) is 18.1 Å². The first-order valence-electron chi connectivity index (χ1n) is 7.61. The summed E-state index contributed by atoms with van der Waals surface area (Å²) in [6.07, 6.45) is 4.62. The monoisotopic (exact) mass is 354 g/mol. The zero-order valence-corrected chi connectivity index (χ0v) is 14.3. The number of rotatable bonds is 4. The van der Waals surface area contributed by atoms with Gasteiger partial charge in [-0.2, -0.15) is 4.99 Å². The van der Waals surface area contributed by atoms with E-state index < -0.39 is 17.8 Å². The predicted octanol–water partition coefficient (Wildman–Crippen LogP) is 3.37. The Hall–Kier alpha value is -2.91. The molecule has 0 saturated heterocycles. The smallest absolute Gasteiger partial charge is 0.289 e. The molecule has 0 aliphatic carbocycles. The van der Waals surface area contributed by atoms with Gasteiger partial charge in [-0.05, 0) is 31.2 Å². The van der Waals surface area contributed by atoms with E-state index in [2.05, 4.69) is 10.9 Å². The summed E-state index contributed by atoms with van der Waals surface area (Å²) >= 11 is 1.21. The number of terminal acetylenes is 1. The van der Waals surface area contributed by atoms with Gasteiger partial charge < -0.3 is 9.30 Å². The summed E-state index contributed by atoms with van der Waals surface area (Å²) in [7, 11) is 0. The largest absolute Gasteiger partial charge is 0.481 e. The molecule has 0 radical (unpaired) electrons. The third-order valence-electron chi connectivity index (χ3n) is 3.51. The summed E-state index contributed by atoms with van der Waals surface area (Å²) in [6, 6.07) is 13.8. The van der Waals surface area contributed by atoms with Gasteiger partial charge in [-0.15, -0.1) is 6.42 Å². The van der Waals surface area contributed by atoms with Gasteiger partial charge in [0.2, 0.25) is 0 Å². The number of carbonyl (C=O) groups is 1. The topological polar surface area (TPSA) is 43.6 Å². The standard InChI is InChI=1S/C19H15FN2O2S/c1-3-12-22-17-15(20)10-7-11-16(17)25-19(22)21-18(23)13(2)24-14-8-5-4-6-9-14/h1,4-11,13H,12H2,2H3. The normalized spacial score (nSPS) is 12.8. The van der Waals surface area contributed by atoms with E-state index in [1.165, 1.54) is 22.0 Å². The third kappa shape index (κ3) is 3.62. The molecule has 4 nitrogen and oxygen atoms in total. The van der Waals surface area contributed by atoms with Gasteiger partial charge in [0.1, 0.15) is 11.6 Å². The molecule has 126 valence electrons.